The Hall–Kier alpha value is -3.24. The van der Waals surface area contributed by atoms with E-state index in [9.17, 15) is 10.2 Å². The van der Waals surface area contributed by atoms with Crippen LogP contribution in [0.1, 0.15) is 81.6 Å². The smallest absolute Gasteiger partial charge is 0.0681 e. The molecule has 1 aliphatic rings. The molecule has 2 N–H and O–H groups in total. The van der Waals surface area contributed by atoms with Gasteiger partial charge >= 0.3 is 0 Å². The van der Waals surface area contributed by atoms with Crippen molar-refractivity contribution in [3.05, 3.63) is 142 Å². The van der Waals surface area contributed by atoms with Crippen molar-refractivity contribution in [2.45, 2.75) is 93.3 Å². The first kappa shape index (κ1) is 38.8. The predicted octanol–water partition coefficient (Wildman–Crippen LogP) is 10.3. The molecule has 240 valence electrons. The minimum atomic E-state index is -0.234. The zero-order valence-corrected chi connectivity index (χ0v) is 29.0. The molecule has 3 nitrogen and oxygen atoms in total. The van der Waals surface area contributed by atoms with Crippen LogP contribution in [0.2, 0.25) is 0 Å². The predicted molar refractivity (Wildman–Crippen MR) is 192 cm³/mol. The molecule has 0 amide bonds. The third-order valence-electron chi connectivity index (χ3n) is 7.60. The molecule has 1 atom stereocenters. The first-order chi connectivity index (χ1) is 20.7. The first-order valence-electron chi connectivity index (χ1n) is 15.7. The molecule has 1 unspecified atom stereocenters. The lowest BCUT2D eigenvalue weighted by atomic mass is 9.71. The van der Waals surface area contributed by atoms with E-state index < -0.39 is 0 Å². The zero-order valence-electron chi connectivity index (χ0n) is 29.0. The molecule has 1 rings (SSSR count). The van der Waals surface area contributed by atoms with Gasteiger partial charge in [0.05, 0.1) is 18.3 Å². The highest BCUT2D eigenvalue weighted by Crippen LogP contribution is 2.41. The number of rotatable bonds is 15. The molecule has 1 aliphatic carbocycles. The van der Waals surface area contributed by atoms with Crippen molar-refractivity contribution in [3.8, 4) is 0 Å². The summed E-state index contributed by atoms with van der Waals surface area (Å²) in [6.07, 6.45) is 37.1. The van der Waals surface area contributed by atoms with Crippen molar-refractivity contribution in [2.75, 3.05) is 13.7 Å². The van der Waals surface area contributed by atoms with Crippen molar-refractivity contribution in [1.29, 1.82) is 0 Å². The third kappa shape index (κ3) is 16.6. The number of aliphatic hydroxyl groups excluding tert-OH is 2. The number of methoxy groups -OCH3 is 1. The maximum absolute atomic E-state index is 10.1. The third-order valence-corrected chi connectivity index (χ3v) is 7.60. The Labute approximate surface area is 269 Å². The molecule has 0 saturated heterocycles. The fourth-order valence-electron chi connectivity index (χ4n) is 4.80. The topological polar surface area (TPSA) is 49.7 Å². The highest BCUT2D eigenvalue weighted by molar-refractivity contribution is 5.38. The van der Waals surface area contributed by atoms with Crippen LogP contribution in [0, 0.1) is 5.41 Å². The molecule has 0 fully saturated rings. The Morgan fingerprint density at radius 2 is 1.30 bits per heavy atom. The van der Waals surface area contributed by atoms with E-state index in [1.807, 2.05) is 48.6 Å². The van der Waals surface area contributed by atoms with Crippen LogP contribution < -0.4 is 0 Å². The molecule has 3 heteroatoms. The second-order valence-corrected chi connectivity index (χ2v) is 13.0. The molecule has 44 heavy (non-hydrogen) atoms. The van der Waals surface area contributed by atoms with Gasteiger partial charge in [-0.1, -0.05) is 145 Å². The molecule has 0 spiro atoms. The van der Waals surface area contributed by atoms with E-state index in [1.165, 1.54) is 16.7 Å². The van der Waals surface area contributed by atoms with Crippen LogP contribution in [-0.2, 0) is 4.74 Å². The Morgan fingerprint density at radius 1 is 0.795 bits per heavy atom. The fourth-order valence-corrected chi connectivity index (χ4v) is 4.80. The van der Waals surface area contributed by atoms with E-state index in [-0.39, 0.29) is 23.7 Å². The van der Waals surface area contributed by atoms with E-state index in [4.69, 9.17) is 4.74 Å². The molecule has 0 aromatic heterocycles. The van der Waals surface area contributed by atoms with Gasteiger partial charge in [-0.3, -0.25) is 0 Å². The summed E-state index contributed by atoms with van der Waals surface area (Å²) in [7, 11) is 1.73. The maximum Gasteiger partial charge on any atom is 0.0681 e. The average molecular weight is 599 g/mol. The maximum atomic E-state index is 10.1. The largest absolute Gasteiger partial charge is 0.393 e. The van der Waals surface area contributed by atoms with Gasteiger partial charge in [-0.2, -0.15) is 0 Å². The molecule has 0 radical (unpaired) electrons. The summed E-state index contributed by atoms with van der Waals surface area (Å²) in [5.41, 5.74) is 7.91. The SMILES string of the molecule is COC(C)(C)CC=CC(C)=CC=CC(=CC=CC(C)=CC=CC=C(C)C=CC=C(C)C=CC1=C(C)CC(O)CC1(C)C)CO. The van der Waals surface area contributed by atoms with E-state index in [1.54, 1.807) is 7.11 Å². The number of aliphatic hydroxyl groups is 2. The van der Waals surface area contributed by atoms with Gasteiger partial charge in [-0.25, -0.2) is 0 Å². The van der Waals surface area contributed by atoms with Crippen molar-refractivity contribution in [2.24, 2.45) is 5.41 Å². The van der Waals surface area contributed by atoms with E-state index in [0.29, 0.717) is 0 Å². The van der Waals surface area contributed by atoms with Crippen molar-refractivity contribution < 1.29 is 14.9 Å². The van der Waals surface area contributed by atoms with Crippen LogP contribution in [0.3, 0.4) is 0 Å². The van der Waals surface area contributed by atoms with Gasteiger partial charge in [0, 0.05) is 7.11 Å². The van der Waals surface area contributed by atoms with E-state index >= 15 is 0 Å². The highest BCUT2D eigenvalue weighted by atomic mass is 16.5. The van der Waals surface area contributed by atoms with Crippen LogP contribution in [0.4, 0.5) is 0 Å². The van der Waals surface area contributed by atoms with Gasteiger partial charge in [0.15, 0.2) is 0 Å². The van der Waals surface area contributed by atoms with Gasteiger partial charge < -0.3 is 14.9 Å². The van der Waals surface area contributed by atoms with Crippen LogP contribution in [0.25, 0.3) is 0 Å². The summed E-state index contributed by atoms with van der Waals surface area (Å²) in [5.74, 6) is 0. The molecule has 0 aliphatic heterocycles. The highest BCUT2D eigenvalue weighted by Gasteiger charge is 2.31. The van der Waals surface area contributed by atoms with Gasteiger partial charge in [0.2, 0.25) is 0 Å². The van der Waals surface area contributed by atoms with Gasteiger partial charge in [-0.05, 0) is 84.3 Å². The van der Waals surface area contributed by atoms with Gasteiger partial charge in [-0.15, -0.1) is 0 Å². The Balaban J connectivity index is 2.67. The van der Waals surface area contributed by atoms with Crippen LogP contribution in [0.5, 0.6) is 0 Å². The lowest BCUT2D eigenvalue weighted by Gasteiger charge is -2.35. The minimum Gasteiger partial charge on any atom is -0.393 e. The number of ether oxygens (including phenoxy) is 1. The second-order valence-electron chi connectivity index (χ2n) is 13.0. The molecule has 0 aromatic rings. The molecule has 0 aromatic carbocycles. The van der Waals surface area contributed by atoms with Crippen LogP contribution >= 0.6 is 0 Å². The normalized spacial score (nSPS) is 20.4. The summed E-state index contributed by atoms with van der Waals surface area (Å²) in [6, 6.07) is 0. The lowest BCUT2D eigenvalue weighted by molar-refractivity contribution is 0.0255. The monoisotopic (exact) mass is 598 g/mol. The first-order valence-corrected chi connectivity index (χ1v) is 15.7. The Bertz CT molecular complexity index is 1290. The van der Waals surface area contributed by atoms with E-state index in [2.05, 4.69) is 117 Å². The van der Waals surface area contributed by atoms with Gasteiger partial charge in [0.25, 0.3) is 0 Å². The number of hydrogen-bond donors (Lipinski definition) is 2. The quantitative estimate of drug-likeness (QED) is 0.184. The number of allylic oxidation sites excluding steroid dienone is 20. The molecular weight excluding hydrogens is 540 g/mol. The summed E-state index contributed by atoms with van der Waals surface area (Å²) in [4.78, 5) is 0. The summed E-state index contributed by atoms with van der Waals surface area (Å²) >= 11 is 0. The average Bonchev–Trinajstić information content (AvgIpc) is 2.93. The molecule has 0 bridgehead atoms. The van der Waals surface area contributed by atoms with Crippen molar-refractivity contribution >= 4 is 0 Å². The zero-order chi connectivity index (χ0) is 33.2. The summed E-state index contributed by atoms with van der Waals surface area (Å²) in [5, 5.41) is 19.8. The van der Waals surface area contributed by atoms with Crippen LogP contribution in [0.15, 0.2) is 142 Å². The Kier molecular flexibility index (Phi) is 17.6. The van der Waals surface area contributed by atoms with Crippen molar-refractivity contribution in [1.82, 2.24) is 0 Å². The fraction of sp³-hybridized carbons (Fsp3) is 0.415. The summed E-state index contributed by atoms with van der Waals surface area (Å²) < 4.78 is 5.44. The van der Waals surface area contributed by atoms with Gasteiger partial charge in [0.1, 0.15) is 0 Å². The second kappa shape index (κ2) is 19.9. The standard InChI is InChI=1S/C41H58O3/c1-32(19-13-20-35(4)26-27-39-36(5)29-38(43)30-40(39,6)7)17-11-12-18-33(2)21-14-24-37(31-42)25-15-22-34(3)23-16-28-41(8,9)44-10/h11-27,38,42-43H,28-31H2,1-10H3. The molecular formula is C41H58O3. The number of hydrogen-bond acceptors (Lipinski definition) is 3. The molecule has 0 heterocycles. The van der Waals surface area contributed by atoms with E-state index in [0.717, 1.165) is 41.6 Å². The summed E-state index contributed by atoms with van der Waals surface area (Å²) in [6.45, 7) is 19.0. The minimum absolute atomic E-state index is 0.00348. The molecule has 0 saturated carbocycles. The van der Waals surface area contributed by atoms with Crippen molar-refractivity contribution in [3.63, 3.8) is 0 Å². The Morgan fingerprint density at radius 3 is 1.84 bits per heavy atom. The van der Waals surface area contributed by atoms with Crippen LogP contribution in [-0.4, -0.2) is 35.6 Å². The lowest BCUT2D eigenvalue weighted by Crippen LogP contribution is -2.28.